The summed E-state index contributed by atoms with van der Waals surface area (Å²) in [6.45, 7) is 6.53. The number of hydrogen-bond donors (Lipinski definition) is 2. The van der Waals surface area contributed by atoms with Crippen LogP contribution in [0.5, 0.6) is 0 Å². The Morgan fingerprint density at radius 1 is 1.29 bits per heavy atom. The van der Waals surface area contributed by atoms with Crippen molar-refractivity contribution >= 4 is 10.0 Å². The number of benzene rings is 1. The van der Waals surface area contributed by atoms with Gasteiger partial charge in [0.15, 0.2) is 0 Å². The van der Waals surface area contributed by atoms with Crippen molar-refractivity contribution in [1.82, 2.24) is 10.0 Å². The summed E-state index contributed by atoms with van der Waals surface area (Å²) < 4.78 is 32.4. The second kappa shape index (κ2) is 8.48. The van der Waals surface area contributed by atoms with Crippen LogP contribution < -0.4 is 10.0 Å². The molecule has 1 atom stereocenters. The average Bonchev–Trinajstić information content (AvgIpc) is 2.45. The highest BCUT2D eigenvalue weighted by Crippen LogP contribution is 2.19. The molecule has 0 aliphatic rings. The zero-order valence-electron chi connectivity index (χ0n) is 13.2. The van der Waals surface area contributed by atoms with Crippen LogP contribution in [0.2, 0.25) is 0 Å². The summed E-state index contributed by atoms with van der Waals surface area (Å²) in [4.78, 5) is 0.290. The molecule has 0 aliphatic carbocycles. The standard InChI is InChI=1S/C15H26N2O3S/c1-5-15(16-4)13-7-6-8-14(11-13)21(18,19)17-9-10-20-12(2)3/h6-8,11-12,15-17H,5,9-10H2,1-4H3. The summed E-state index contributed by atoms with van der Waals surface area (Å²) in [5, 5.41) is 3.18. The Morgan fingerprint density at radius 3 is 2.57 bits per heavy atom. The van der Waals surface area contributed by atoms with Crippen molar-refractivity contribution in [2.24, 2.45) is 0 Å². The van der Waals surface area contributed by atoms with Crippen molar-refractivity contribution in [3.05, 3.63) is 29.8 Å². The second-order valence-electron chi connectivity index (χ2n) is 5.14. The lowest BCUT2D eigenvalue weighted by Crippen LogP contribution is -2.28. The maximum atomic E-state index is 12.2. The van der Waals surface area contributed by atoms with Gasteiger partial charge in [-0.05, 0) is 45.0 Å². The molecule has 1 unspecified atom stereocenters. The fourth-order valence-corrected chi connectivity index (χ4v) is 3.13. The molecule has 0 radical (unpaired) electrons. The molecule has 2 N–H and O–H groups in total. The zero-order valence-corrected chi connectivity index (χ0v) is 14.0. The van der Waals surface area contributed by atoms with Gasteiger partial charge in [-0.15, -0.1) is 0 Å². The maximum absolute atomic E-state index is 12.2. The average molecular weight is 314 g/mol. The van der Waals surface area contributed by atoms with Gasteiger partial charge in [-0.25, -0.2) is 13.1 Å². The summed E-state index contributed by atoms with van der Waals surface area (Å²) in [7, 11) is -1.62. The van der Waals surface area contributed by atoms with E-state index in [-0.39, 0.29) is 18.7 Å². The summed E-state index contributed by atoms with van der Waals surface area (Å²) >= 11 is 0. The Kier molecular flexibility index (Phi) is 7.31. The number of sulfonamides is 1. The Labute approximate surface area is 128 Å². The van der Waals surface area contributed by atoms with E-state index in [1.165, 1.54) is 0 Å². The molecule has 21 heavy (non-hydrogen) atoms. The van der Waals surface area contributed by atoms with Crippen LogP contribution in [0.25, 0.3) is 0 Å². The van der Waals surface area contributed by atoms with Crippen LogP contribution in [0.3, 0.4) is 0 Å². The molecule has 1 aromatic carbocycles. The quantitative estimate of drug-likeness (QED) is 0.685. The zero-order chi connectivity index (χ0) is 15.9. The van der Waals surface area contributed by atoms with E-state index in [1.54, 1.807) is 18.2 Å². The first-order chi connectivity index (χ1) is 9.90. The highest BCUT2D eigenvalue weighted by molar-refractivity contribution is 7.89. The Hall–Kier alpha value is -0.950. The summed E-state index contributed by atoms with van der Waals surface area (Å²) in [5.74, 6) is 0. The smallest absolute Gasteiger partial charge is 0.240 e. The third kappa shape index (κ3) is 5.74. The lowest BCUT2D eigenvalue weighted by Gasteiger charge is -2.15. The Morgan fingerprint density at radius 2 is 2.00 bits per heavy atom. The second-order valence-corrected chi connectivity index (χ2v) is 6.91. The molecule has 0 fully saturated rings. The van der Waals surface area contributed by atoms with Gasteiger partial charge in [0.25, 0.3) is 0 Å². The summed E-state index contributed by atoms with van der Waals surface area (Å²) in [5.41, 5.74) is 0.973. The minimum atomic E-state index is -3.49. The van der Waals surface area contributed by atoms with Crippen LogP contribution in [0.15, 0.2) is 29.2 Å². The largest absolute Gasteiger partial charge is 0.377 e. The molecule has 0 heterocycles. The number of hydrogen-bond acceptors (Lipinski definition) is 4. The van der Waals surface area contributed by atoms with Gasteiger partial charge in [0.1, 0.15) is 0 Å². The van der Waals surface area contributed by atoms with Crippen LogP contribution in [0.1, 0.15) is 38.8 Å². The van der Waals surface area contributed by atoms with E-state index in [9.17, 15) is 8.42 Å². The van der Waals surface area contributed by atoms with E-state index in [1.807, 2.05) is 27.0 Å². The van der Waals surface area contributed by atoms with E-state index in [2.05, 4.69) is 17.0 Å². The van der Waals surface area contributed by atoms with Crippen LogP contribution in [-0.2, 0) is 14.8 Å². The highest BCUT2D eigenvalue weighted by atomic mass is 32.2. The first-order valence-electron chi connectivity index (χ1n) is 7.29. The Balaban J connectivity index is 2.76. The van der Waals surface area contributed by atoms with Gasteiger partial charge in [-0.1, -0.05) is 19.1 Å². The van der Waals surface area contributed by atoms with Gasteiger partial charge in [0, 0.05) is 12.6 Å². The van der Waals surface area contributed by atoms with Gasteiger partial charge in [0.2, 0.25) is 10.0 Å². The Bertz CT molecular complexity index is 525. The predicted octanol–water partition coefficient (Wildman–Crippen LogP) is 2.06. The van der Waals surface area contributed by atoms with Crippen molar-refractivity contribution in [2.75, 3.05) is 20.2 Å². The molecule has 0 bridgehead atoms. The van der Waals surface area contributed by atoms with Crippen molar-refractivity contribution in [3.8, 4) is 0 Å². The van der Waals surface area contributed by atoms with Crippen molar-refractivity contribution in [1.29, 1.82) is 0 Å². The van der Waals surface area contributed by atoms with E-state index in [4.69, 9.17) is 4.74 Å². The molecule has 1 aromatic rings. The maximum Gasteiger partial charge on any atom is 0.240 e. The SMILES string of the molecule is CCC(NC)c1cccc(S(=O)(=O)NCCOC(C)C)c1. The molecule has 120 valence electrons. The number of rotatable bonds is 9. The molecule has 0 amide bonds. The monoisotopic (exact) mass is 314 g/mol. The topological polar surface area (TPSA) is 67.4 Å². The lowest BCUT2D eigenvalue weighted by molar-refractivity contribution is 0.0834. The van der Waals surface area contributed by atoms with Gasteiger partial charge in [-0.3, -0.25) is 0 Å². The van der Waals surface area contributed by atoms with E-state index >= 15 is 0 Å². The summed E-state index contributed by atoms with van der Waals surface area (Å²) in [6.07, 6.45) is 0.995. The highest BCUT2D eigenvalue weighted by Gasteiger charge is 2.15. The minimum Gasteiger partial charge on any atom is -0.377 e. The molecular formula is C15H26N2O3S. The van der Waals surface area contributed by atoms with Crippen LogP contribution in [-0.4, -0.2) is 34.7 Å². The molecular weight excluding hydrogens is 288 g/mol. The van der Waals surface area contributed by atoms with Crippen molar-refractivity contribution in [3.63, 3.8) is 0 Å². The molecule has 6 heteroatoms. The molecule has 0 spiro atoms. The number of nitrogens with one attached hydrogen (secondary N) is 2. The molecule has 0 aromatic heterocycles. The normalized spacial score (nSPS) is 13.6. The minimum absolute atomic E-state index is 0.0961. The third-order valence-electron chi connectivity index (χ3n) is 3.17. The van der Waals surface area contributed by atoms with Crippen LogP contribution in [0.4, 0.5) is 0 Å². The van der Waals surface area contributed by atoms with Gasteiger partial charge >= 0.3 is 0 Å². The molecule has 0 aliphatic heterocycles. The van der Waals surface area contributed by atoms with Crippen molar-refractivity contribution < 1.29 is 13.2 Å². The third-order valence-corrected chi connectivity index (χ3v) is 4.63. The van der Waals surface area contributed by atoms with Gasteiger partial charge in [0.05, 0.1) is 17.6 Å². The predicted molar refractivity (Wildman–Crippen MR) is 84.8 cm³/mol. The van der Waals surface area contributed by atoms with Crippen LogP contribution in [0, 0.1) is 0 Å². The van der Waals surface area contributed by atoms with E-state index in [0.29, 0.717) is 11.5 Å². The van der Waals surface area contributed by atoms with Crippen molar-refractivity contribution in [2.45, 2.75) is 44.2 Å². The molecule has 0 saturated heterocycles. The van der Waals surface area contributed by atoms with E-state index in [0.717, 1.165) is 12.0 Å². The number of ether oxygens (including phenoxy) is 1. The van der Waals surface area contributed by atoms with E-state index < -0.39 is 10.0 Å². The van der Waals surface area contributed by atoms with Crippen LogP contribution >= 0.6 is 0 Å². The first-order valence-corrected chi connectivity index (χ1v) is 8.77. The summed E-state index contributed by atoms with van der Waals surface area (Å²) in [6, 6.07) is 7.19. The molecule has 0 saturated carbocycles. The first kappa shape index (κ1) is 18.1. The lowest BCUT2D eigenvalue weighted by atomic mass is 10.1. The molecule has 5 nitrogen and oxygen atoms in total. The van der Waals surface area contributed by atoms with Gasteiger partial charge < -0.3 is 10.1 Å². The molecule has 1 rings (SSSR count). The fraction of sp³-hybridized carbons (Fsp3) is 0.600. The fourth-order valence-electron chi connectivity index (χ4n) is 2.06. The van der Waals surface area contributed by atoms with Gasteiger partial charge in [-0.2, -0.15) is 0 Å².